The van der Waals surface area contributed by atoms with Crippen molar-refractivity contribution in [1.82, 2.24) is 9.78 Å². The summed E-state index contributed by atoms with van der Waals surface area (Å²) in [5, 5.41) is 15.0. The highest BCUT2D eigenvalue weighted by Gasteiger charge is 2.14. The maximum atomic E-state index is 10.6. The Hall–Kier alpha value is -2.17. The molecule has 5 nitrogen and oxygen atoms in total. The SMILES string of the molecule is CC(C)(C)n1ccc(-c2ccc([N+](=O)[O-])cc2)n1. The predicted octanol–water partition coefficient (Wildman–Crippen LogP) is 3.21. The van der Waals surface area contributed by atoms with Crippen LogP contribution in [0.5, 0.6) is 0 Å². The number of nitro benzene ring substituents is 1. The molecular formula is C13H15N3O2. The number of nitro groups is 1. The minimum Gasteiger partial charge on any atom is -0.267 e. The van der Waals surface area contributed by atoms with Gasteiger partial charge in [-0.1, -0.05) is 0 Å². The van der Waals surface area contributed by atoms with Crippen molar-refractivity contribution in [3.05, 3.63) is 46.6 Å². The maximum Gasteiger partial charge on any atom is 0.269 e. The molecule has 0 saturated heterocycles. The fourth-order valence-corrected chi connectivity index (χ4v) is 1.61. The van der Waals surface area contributed by atoms with E-state index in [2.05, 4.69) is 25.9 Å². The lowest BCUT2D eigenvalue weighted by atomic mass is 10.1. The van der Waals surface area contributed by atoms with E-state index in [0.29, 0.717) is 0 Å². The normalized spacial score (nSPS) is 11.5. The lowest BCUT2D eigenvalue weighted by Crippen LogP contribution is -2.22. The van der Waals surface area contributed by atoms with E-state index >= 15 is 0 Å². The van der Waals surface area contributed by atoms with Crippen LogP contribution in [-0.4, -0.2) is 14.7 Å². The largest absolute Gasteiger partial charge is 0.269 e. The average molecular weight is 245 g/mol. The second-order valence-corrected chi connectivity index (χ2v) is 5.12. The predicted molar refractivity (Wildman–Crippen MR) is 69.3 cm³/mol. The number of rotatable bonds is 2. The Morgan fingerprint density at radius 2 is 1.78 bits per heavy atom. The molecule has 0 unspecified atom stereocenters. The van der Waals surface area contributed by atoms with Crippen LogP contribution in [-0.2, 0) is 5.54 Å². The van der Waals surface area contributed by atoms with Crippen LogP contribution in [0.25, 0.3) is 11.3 Å². The molecule has 0 aliphatic heterocycles. The fourth-order valence-electron chi connectivity index (χ4n) is 1.61. The lowest BCUT2D eigenvalue weighted by Gasteiger charge is -2.18. The van der Waals surface area contributed by atoms with Crippen molar-refractivity contribution in [3.8, 4) is 11.3 Å². The van der Waals surface area contributed by atoms with Gasteiger partial charge in [0.25, 0.3) is 5.69 Å². The first-order valence-corrected chi connectivity index (χ1v) is 5.69. The van der Waals surface area contributed by atoms with Gasteiger partial charge in [-0.25, -0.2) is 0 Å². The van der Waals surface area contributed by atoms with Gasteiger partial charge in [0, 0.05) is 23.9 Å². The third kappa shape index (κ3) is 2.40. The summed E-state index contributed by atoms with van der Waals surface area (Å²) >= 11 is 0. The van der Waals surface area contributed by atoms with Crippen LogP contribution in [0.2, 0.25) is 0 Å². The standard InChI is InChI=1S/C13H15N3O2/c1-13(2,3)15-9-8-12(14-15)10-4-6-11(7-5-10)16(17)18/h4-9H,1-3H3. The minimum absolute atomic E-state index is 0.0704. The molecule has 0 bridgehead atoms. The summed E-state index contributed by atoms with van der Waals surface area (Å²) in [7, 11) is 0. The zero-order chi connectivity index (χ0) is 13.3. The Bertz CT molecular complexity index is 565. The zero-order valence-corrected chi connectivity index (χ0v) is 10.6. The first kappa shape index (κ1) is 12.3. The van der Waals surface area contributed by atoms with Crippen LogP contribution in [0, 0.1) is 10.1 Å². The van der Waals surface area contributed by atoms with E-state index in [1.807, 2.05) is 16.9 Å². The van der Waals surface area contributed by atoms with E-state index in [-0.39, 0.29) is 11.2 Å². The summed E-state index contributed by atoms with van der Waals surface area (Å²) in [4.78, 5) is 10.2. The van der Waals surface area contributed by atoms with E-state index < -0.39 is 4.92 Å². The monoisotopic (exact) mass is 245 g/mol. The van der Waals surface area contributed by atoms with E-state index in [0.717, 1.165) is 11.3 Å². The molecule has 0 aliphatic rings. The molecule has 0 spiro atoms. The van der Waals surface area contributed by atoms with E-state index in [4.69, 9.17) is 0 Å². The molecule has 2 aromatic rings. The summed E-state index contributed by atoms with van der Waals surface area (Å²) in [6.45, 7) is 6.21. The third-order valence-corrected chi connectivity index (χ3v) is 2.65. The van der Waals surface area contributed by atoms with Crippen molar-refractivity contribution in [2.45, 2.75) is 26.3 Å². The topological polar surface area (TPSA) is 61.0 Å². The first-order chi connectivity index (χ1) is 8.38. The van der Waals surface area contributed by atoms with Crippen molar-refractivity contribution < 1.29 is 4.92 Å². The van der Waals surface area contributed by atoms with Gasteiger partial charge < -0.3 is 0 Å². The molecule has 0 fully saturated rings. The third-order valence-electron chi connectivity index (χ3n) is 2.65. The molecule has 18 heavy (non-hydrogen) atoms. The highest BCUT2D eigenvalue weighted by Crippen LogP contribution is 2.22. The van der Waals surface area contributed by atoms with Crippen molar-refractivity contribution in [1.29, 1.82) is 0 Å². The van der Waals surface area contributed by atoms with Crippen LogP contribution < -0.4 is 0 Å². The van der Waals surface area contributed by atoms with E-state index in [9.17, 15) is 10.1 Å². The quantitative estimate of drug-likeness (QED) is 0.603. The van der Waals surface area contributed by atoms with Crippen LogP contribution >= 0.6 is 0 Å². The molecule has 94 valence electrons. The molecule has 0 aliphatic carbocycles. The number of hydrogen-bond donors (Lipinski definition) is 0. The van der Waals surface area contributed by atoms with Gasteiger partial charge in [-0.3, -0.25) is 14.8 Å². The van der Waals surface area contributed by atoms with Gasteiger partial charge in [-0.05, 0) is 39.0 Å². The van der Waals surface area contributed by atoms with Crippen molar-refractivity contribution in [2.24, 2.45) is 0 Å². The van der Waals surface area contributed by atoms with Gasteiger partial charge in [0.15, 0.2) is 0 Å². The molecule has 1 aromatic carbocycles. The van der Waals surface area contributed by atoms with Crippen molar-refractivity contribution in [3.63, 3.8) is 0 Å². The molecule has 0 radical (unpaired) electrons. The Labute approximate surface area is 105 Å². The smallest absolute Gasteiger partial charge is 0.267 e. The maximum absolute atomic E-state index is 10.6. The highest BCUT2D eigenvalue weighted by atomic mass is 16.6. The molecule has 0 saturated carbocycles. The Kier molecular flexibility index (Phi) is 2.90. The zero-order valence-electron chi connectivity index (χ0n) is 10.6. The fraction of sp³-hybridized carbons (Fsp3) is 0.308. The number of non-ortho nitro benzene ring substituents is 1. The van der Waals surface area contributed by atoms with Gasteiger partial charge in [-0.15, -0.1) is 0 Å². The second kappa shape index (κ2) is 4.25. The van der Waals surface area contributed by atoms with E-state index in [1.165, 1.54) is 12.1 Å². The van der Waals surface area contributed by atoms with Gasteiger partial charge in [0.2, 0.25) is 0 Å². The minimum atomic E-state index is -0.405. The van der Waals surface area contributed by atoms with Gasteiger partial charge in [-0.2, -0.15) is 5.10 Å². The molecule has 0 atom stereocenters. The summed E-state index contributed by atoms with van der Waals surface area (Å²) in [6, 6.07) is 8.32. The molecule has 1 aromatic heterocycles. The van der Waals surface area contributed by atoms with Gasteiger partial charge in [0.1, 0.15) is 0 Å². The average Bonchev–Trinajstić information content (AvgIpc) is 2.78. The Balaban J connectivity index is 2.32. The van der Waals surface area contributed by atoms with Crippen LogP contribution in [0.3, 0.4) is 0 Å². The number of benzene rings is 1. The van der Waals surface area contributed by atoms with Crippen LogP contribution in [0.1, 0.15) is 20.8 Å². The molecule has 2 rings (SSSR count). The summed E-state index contributed by atoms with van der Waals surface area (Å²) in [5.74, 6) is 0. The van der Waals surface area contributed by atoms with Gasteiger partial charge in [0.05, 0.1) is 16.2 Å². The van der Waals surface area contributed by atoms with Gasteiger partial charge >= 0.3 is 0 Å². The number of aromatic nitrogens is 2. The van der Waals surface area contributed by atoms with E-state index in [1.54, 1.807) is 12.1 Å². The van der Waals surface area contributed by atoms with Crippen molar-refractivity contribution >= 4 is 5.69 Å². The molecule has 1 heterocycles. The summed E-state index contributed by atoms with van der Waals surface area (Å²) < 4.78 is 1.88. The Morgan fingerprint density at radius 1 is 1.17 bits per heavy atom. The summed E-state index contributed by atoms with van der Waals surface area (Å²) in [6.07, 6.45) is 1.91. The van der Waals surface area contributed by atoms with Crippen molar-refractivity contribution in [2.75, 3.05) is 0 Å². The molecular weight excluding hydrogens is 230 g/mol. The molecule has 0 amide bonds. The van der Waals surface area contributed by atoms with Crippen LogP contribution in [0.15, 0.2) is 36.5 Å². The second-order valence-electron chi connectivity index (χ2n) is 5.12. The lowest BCUT2D eigenvalue weighted by molar-refractivity contribution is -0.384. The summed E-state index contributed by atoms with van der Waals surface area (Å²) in [5.41, 5.74) is 1.72. The van der Waals surface area contributed by atoms with Crippen LogP contribution in [0.4, 0.5) is 5.69 Å². The number of hydrogen-bond acceptors (Lipinski definition) is 3. The highest BCUT2D eigenvalue weighted by molar-refractivity contribution is 5.60. The molecule has 0 N–H and O–H groups in total. The Morgan fingerprint density at radius 3 is 2.22 bits per heavy atom. The number of nitrogens with zero attached hydrogens (tertiary/aromatic N) is 3. The first-order valence-electron chi connectivity index (χ1n) is 5.69. The molecule has 5 heteroatoms.